The second-order valence-electron chi connectivity index (χ2n) is 4.09. The van der Waals surface area contributed by atoms with E-state index in [4.69, 9.17) is 0 Å². The summed E-state index contributed by atoms with van der Waals surface area (Å²) in [4.78, 5) is 11.6. The molecular formula is C15H23NO. The van der Waals surface area contributed by atoms with Crippen molar-refractivity contribution in [3.8, 4) is 0 Å². The summed E-state index contributed by atoms with van der Waals surface area (Å²) in [6.07, 6.45) is 2.21. The van der Waals surface area contributed by atoms with Crippen molar-refractivity contribution in [3.63, 3.8) is 0 Å². The van der Waals surface area contributed by atoms with E-state index >= 15 is 0 Å². The van der Waals surface area contributed by atoms with Crippen LogP contribution in [0.4, 0.5) is 0 Å². The number of carbonyl (C=O) groups is 1. The monoisotopic (exact) mass is 233 g/mol. The van der Waals surface area contributed by atoms with Gasteiger partial charge in [-0.2, -0.15) is 0 Å². The average molecular weight is 233 g/mol. The molecule has 0 aromatic heterocycles. The maximum Gasteiger partial charge on any atom is 0.252 e. The molecule has 1 aromatic rings. The van der Waals surface area contributed by atoms with Gasteiger partial charge < -0.3 is 5.32 Å². The Hall–Kier alpha value is -1.31. The molecule has 0 atom stereocenters. The Bertz CT molecular complexity index is 405. The topological polar surface area (TPSA) is 29.1 Å². The van der Waals surface area contributed by atoms with E-state index in [0.717, 1.165) is 24.0 Å². The predicted molar refractivity (Wildman–Crippen MR) is 72.3 cm³/mol. The van der Waals surface area contributed by atoms with Crippen molar-refractivity contribution in [1.29, 1.82) is 0 Å². The number of fused-ring (bicyclic) bond motifs is 2. The molecule has 1 amide bonds. The Morgan fingerprint density at radius 1 is 1.12 bits per heavy atom. The van der Waals surface area contributed by atoms with Gasteiger partial charge in [-0.1, -0.05) is 45.4 Å². The van der Waals surface area contributed by atoms with E-state index in [-0.39, 0.29) is 11.4 Å². The third kappa shape index (κ3) is 2.36. The Kier molecular flexibility index (Phi) is 4.33. The summed E-state index contributed by atoms with van der Waals surface area (Å²) < 4.78 is 0. The first-order valence-electron chi connectivity index (χ1n) is 6.65. The highest BCUT2D eigenvalue weighted by Crippen LogP contribution is 2.50. The standard InChI is InChI=1S/C11H11NO.2C2H6/c1-7-2-3-9-8(6-7)10(13)12-11(9)4-5-11;2*1-2/h2-3,6H,4-5H2,1H3,(H,12,13);2*1-2H3. The zero-order chi connectivity index (χ0) is 13.1. The van der Waals surface area contributed by atoms with Crippen LogP contribution in [0.2, 0.25) is 0 Å². The van der Waals surface area contributed by atoms with E-state index in [0.29, 0.717) is 0 Å². The number of hydrogen-bond donors (Lipinski definition) is 1. The molecule has 0 unspecified atom stereocenters. The summed E-state index contributed by atoms with van der Waals surface area (Å²) in [6.45, 7) is 10.0. The molecule has 2 heteroatoms. The number of carbonyl (C=O) groups excluding carboxylic acids is 1. The van der Waals surface area contributed by atoms with Gasteiger partial charge in [0, 0.05) is 5.56 Å². The Labute approximate surface area is 104 Å². The summed E-state index contributed by atoms with van der Waals surface area (Å²) in [7, 11) is 0. The van der Waals surface area contributed by atoms with Crippen LogP contribution in [0, 0.1) is 6.92 Å². The molecule has 2 aliphatic rings. The molecule has 0 radical (unpaired) electrons. The first kappa shape index (κ1) is 13.8. The molecule has 1 aliphatic carbocycles. The van der Waals surface area contributed by atoms with Crippen molar-refractivity contribution in [2.24, 2.45) is 0 Å². The zero-order valence-corrected chi connectivity index (χ0v) is 11.6. The Balaban J connectivity index is 0.000000330. The highest BCUT2D eigenvalue weighted by Gasteiger charge is 2.51. The van der Waals surface area contributed by atoms with Gasteiger partial charge >= 0.3 is 0 Å². The highest BCUT2D eigenvalue weighted by molar-refractivity contribution is 6.00. The minimum Gasteiger partial charge on any atom is -0.342 e. The van der Waals surface area contributed by atoms with Crippen LogP contribution in [0.25, 0.3) is 0 Å². The van der Waals surface area contributed by atoms with Crippen LogP contribution in [0.5, 0.6) is 0 Å². The lowest BCUT2D eigenvalue weighted by Crippen LogP contribution is -2.25. The van der Waals surface area contributed by atoms with Crippen molar-refractivity contribution >= 4 is 5.91 Å². The quantitative estimate of drug-likeness (QED) is 0.726. The third-order valence-electron chi connectivity index (χ3n) is 3.04. The molecule has 1 heterocycles. The molecule has 0 saturated heterocycles. The summed E-state index contributed by atoms with van der Waals surface area (Å²) in [5, 5.41) is 3.06. The van der Waals surface area contributed by atoms with E-state index in [1.54, 1.807) is 0 Å². The van der Waals surface area contributed by atoms with Gasteiger partial charge in [0.1, 0.15) is 0 Å². The largest absolute Gasteiger partial charge is 0.342 e. The maximum atomic E-state index is 11.6. The predicted octanol–water partition coefficient (Wildman–Crippen LogP) is 3.78. The number of hydrogen-bond acceptors (Lipinski definition) is 1. The van der Waals surface area contributed by atoms with Gasteiger partial charge in [0.15, 0.2) is 0 Å². The lowest BCUT2D eigenvalue weighted by Gasteiger charge is -2.06. The molecule has 17 heavy (non-hydrogen) atoms. The lowest BCUT2D eigenvalue weighted by atomic mass is 10.0. The fraction of sp³-hybridized carbons (Fsp3) is 0.533. The molecule has 1 aromatic carbocycles. The molecular weight excluding hydrogens is 210 g/mol. The van der Waals surface area contributed by atoms with Crippen molar-refractivity contribution < 1.29 is 4.79 Å². The smallest absolute Gasteiger partial charge is 0.252 e. The number of benzene rings is 1. The van der Waals surface area contributed by atoms with Gasteiger partial charge in [0.2, 0.25) is 0 Å². The molecule has 1 N–H and O–H groups in total. The van der Waals surface area contributed by atoms with Gasteiger partial charge in [-0.25, -0.2) is 0 Å². The van der Waals surface area contributed by atoms with E-state index in [9.17, 15) is 4.79 Å². The lowest BCUT2D eigenvalue weighted by molar-refractivity contribution is 0.0952. The zero-order valence-electron chi connectivity index (χ0n) is 11.6. The molecule has 1 aliphatic heterocycles. The van der Waals surface area contributed by atoms with Crippen molar-refractivity contribution in [3.05, 3.63) is 34.9 Å². The minimum absolute atomic E-state index is 0.0418. The van der Waals surface area contributed by atoms with Crippen molar-refractivity contribution in [1.82, 2.24) is 5.32 Å². The molecule has 1 saturated carbocycles. The summed E-state index contributed by atoms with van der Waals surface area (Å²) >= 11 is 0. The normalized spacial score (nSPS) is 17.1. The average Bonchev–Trinajstić information content (AvgIpc) is 3.08. The maximum absolute atomic E-state index is 11.6. The summed E-state index contributed by atoms with van der Waals surface area (Å²) in [5.41, 5.74) is 3.30. The first-order valence-corrected chi connectivity index (χ1v) is 6.65. The summed E-state index contributed by atoms with van der Waals surface area (Å²) in [6, 6.07) is 6.16. The fourth-order valence-electron chi connectivity index (χ4n) is 2.13. The Morgan fingerprint density at radius 2 is 1.71 bits per heavy atom. The van der Waals surface area contributed by atoms with Crippen LogP contribution in [0.3, 0.4) is 0 Å². The summed E-state index contributed by atoms with van der Waals surface area (Å²) in [5.74, 6) is 0.108. The van der Waals surface area contributed by atoms with Crippen molar-refractivity contribution in [2.45, 2.75) is 53.0 Å². The Morgan fingerprint density at radius 3 is 2.24 bits per heavy atom. The third-order valence-corrected chi connectivity index (χ3v) is 3.04. The van der Waals surface area contributed by atoms with E-state index in [1.807, 2.05) is 40.7 Å². The SMILES string of the molecule is CC.CC.Cc1ccc2c(c1)C(=O)NC21CC1. The van der Waals surface area contributed by atoms with Crippen molar-refractivity contribution in [2.75, 3.05) is 0 Å². The van der Waals surface area contributed by atoms with E-state index in [2.05, 4.69) is 17.4 Å². The van der Waals surface area contributed by atoms with Gasteiger partial charge in [-0.3, -0.25) is 4.79 Å². The van der Waals surface area contributed by atoms with Crippen LogP contribution in [-0.4, -0.2) is 5.91 Å². The molecule has 0 bridgehead atoms. The molecule has 1 spiro atoms. The first-order chi connectivity index (χ1) is 8.21. The van der Waals surface area contributed by atoms with Gasteiger partial charge in [-0.15, -0.1) is 0 Å². The van der Waals surface area contributed by atoms with Crippen LogP contribution < -0.4 is 5.32 Å². The fourth-order valence-corrected chi connectivity index (χ4v) is 2.13. The highest BCUT2D eigenvalue weighted by atomic mass is 16.2. The van der Waals surface area contributed by atoms with E-state index < -0.39 is 0 Å². The van der Waals surface area contributed by atoms with Gasteiger partial charge in [-0.05, 0) is 31.4 Å². The van der Waals surface area contributed by atoms with Crippen LogP contribution in [-0.2, 0) is 5.54 Å². The van der Waals surface area contributed by atoms with Crippen LogP contribution >= 0.6 is 0 Å². The van der Waals surface area contributed by atoms with Crippen LogP contribution in [0.1, 0.15) is 62.0 Å². The number of amides is 1. The number of rotatable bonds is 0. The van der Waals surface area contributed by atoms with Gasteiger partial charge in [0.25, 0.3) is 5.91 Å². The molecule has 1 fully saturated rings. The van der Waals surface area contributed by atoms with Gasteiger partial charge in [0.05, 0.1) is 5.54 Å². The number of aryl methyl sites for hydroxylation is 1. The molecule has 2 nitrogen and oxygen atoms in total. The minimum atomic E-state index is 0.0418. The second kappa shape index (κ2) is 5.35. The second-order valence-corrected chi connectivity index (χ2v) is 4.09. The van der Waals surface area contributed by atoms with E-state index in [1.165, 1.54) is 5.56 Å². The molecule has 94 valence electrons. The number of nitrogens with one attached hydrogen (secondary N) is 1. The van der Waals surface area contributed by atoms with Crippen LogP contribution in [0.15, 0.2) is 18.2 Å². The molecule has 3 rings (SSSR count).